The van der Waals surface area contributed by atoms with Crippen LogP contribution < -0.4 is 5.73 Å². The Balaban J connectivity index is 0.00000180. The summed E-state index contributed by atoms with van der Waals surface area (Å²) in [6, 6.07) is 4.53. The standard InChI is InChI=1S/C13H16ClFN2O.ClH/c14-11-4-1-5-12(15)10(11)7-13(18)17-6-2-3-9(17)8-16;/h1,4-5,9H,2-3,6-8,16H2;1H. The summed E-state index contributed by atoms with van der Waals surface area (Å²) in [7, 11) is 0. The van der Waals surface area contributed by atoms with Gasteiger partial charge in [0.1, 0.15) is 5.82 Å². The molecular weight excluding hydrogens is 290 g/mol. The lowest BCUT2D eigenvalue weighted by Gasteiger charge is -2.23. The van der Waals surface area contributed by atoms with Gasteiger partial charge in [0, 0.05) is 29.7 Å². The third kappa shape index (κ3) is 3.59. The molecule has 2 N–H and O–H groups in total. The summed E-state index contributed by atoms with van der Waals surface area (Å²) in [6.45, 7) is 1.16. The molecule has 1 aromatic carbocycles. The number of carbonyl (C=O) groups excluding carboxylic acids is 1. The van der Waals surface area contributed by atoms with Gasteiger partial charge in [-0.25, -0.2) is 4.39 Å². The molecule has 0 aliphatic carbocycles. The highest BCUT2D eigenvalue weighted by Gasteiger charge is 2.28. The third-order valence-corrected chi connectivity index (χ3v) is 3.71. The molecule has 1 fully saturated rings. The van der Waals surface area contributed by atoms with Crippen molar-refractivity contribution in [3.8, 4) is 0 Å². The minimum Gasteiger partial charge on any atom is -0.338 e. The molecule has 1 saturated heterocycles. The number of nitrogens with zero attached hydrogens (tertiary/aromatic N) is 1. The van der Waals surface area contributed by atoms with Crippen LogP contribution in [0.4, 0.5) is 4.39 Å². The molecule has 1 aromatic rings. The molecule has 3 nitrogen and oxygen atoms in total. The molecule has 1 unspecified atom stereocenters. The number of benzene rings is 1. The molecule has 0 aromatic heterocycles. The first-order chi connectivity index (χ1) is 8.63. The van der Waals surface area contributed by atoms with Crippen LogP contribution in [0.25, 0.3) is 0 Å². The van der Waals surface area contributed by atoms with E-state index in [0.29, 0.717) is 18.1 Å². The number of rotatable bonds is 3. The van der Waals surface area contributed by atoms with Crippen LogP contribution in [0, 0.1) is 5.82 Å². The molecule has 1 heterocycles. The highest BCUT2D eigenvalue weighted by Crippen LogP contribution is 2.22. The topological polar surface area (TPSA) is 46.3 Å². The van der Waals surface area contributed by atoms with Gasteiger partial charge >= 0.3 is 0 Å². The Labute approximate surface area is 123 Å². The van der Waals surface area contributed by atoms with E-state index in [0.717, 1.165) is 12.8 Å². The van der Waals surface area contributed by atoms with Crippen LogP contribution in [-0.2, 0) is 11.2 Å². The summed E-state index contributed by atoms with van der Waals surface area (Å²) >= 11 is 5.92. The third-order valence-electron chi connectivity index (χ3n) is 3.36. The first-order valence-corrected chi connectivity index (χ1v) is 6.43. The fraction of sp³-hybridized carbons (Fsp3) is 0.462. The first kappa shape index (κ1) is 16.2. The summed E-state index contributed by atoms with van der Waals surface area (Å²) in [5.41, 5.74) is 5.89. The van der Waals surface area contributed by atoms with Crippen LogP contribution in [0.3, 0.4) is 0 Å². The second kappa shape index (κ2) is 7.08. The Morgan fingerprint density at radius 2 is 2.26 bits per heavy atom. The predicted molar refractivity (Wildman–Crippen MR) is 76.2 cm³/mol. The summed E-state index contributed by atoms with van der Waals surface area (Å²) in [5.74, 6) is -0.533. The minimum atomic E-state index is -0.431. The van der Waals surface area contributed by atoms with Gasteiger partial charge in [0.15, 0.2) is 0 Å². The number of carbonyl (C=O) groups is 1. The van der Waals surface area contributed by atoms with Crippen LogP contribution in [-0.4, -0.2) is 29.9 Å². The molecule has 0 bridgehead atoms. The Morgan fingerprint density at radius 1 is 1.53 bits per heavy atom. The molecule has 6 heteroatoms. The van der Waals surface area contributed by atoms with Crippen molar-refractivity contribution in [1.82, 2.24) is 4.90 Å². The van der Waals surface area contributed by atoms with Crippen molar-refractivity contribution >= 4 is 29.9 Å². The lowest BCUT2D eigenvalue weighted by molar-refractivity contribution is -0.131. The van der Waals surface area contributed by atoms with Crippen molar-refractivity contribution < 1.29 is 9.18 Å². The lowest BCUT2D eigenvalue weighted by Crippen LogP contribution is -2.40. The fourth-order valence-corrected chi connectivity index (χ4v) is 2.59. The molecule has 0 radical (unpaired) electrons. The second-order valence-electron chi connectivity index (χ2n) is 4.50. The van der Waals surface area contributed by atoms with E-state index in [1.165, 1.54) is 12.1 Å². The van der Waals surface area contributed by atoms with Gasteiger partial charge in [0.2, 0.25) is 5.91 Å². The van der Waals surface area contributed by atoms with E-state index < -0.39 is 5.82 Å². The van der Waals surface area contributed by atoms with E-state index in [1.807, 2.05) is 0 Å². The number of amides is 1. The Kier molecular flexibility index (Phi) is 6.04. The summed E-state index contributed by atoms with van der Waals surface area (Å²) in [6.07, 6.45) is 1.88. The Morgan fingerprint density at radius 3 is 2.89 bits per heavy atom. The molecule has 2 rings (SSSR count). The lowest BCUT2D eigenvalue weighted by atomic mass is 10.1. The highest BCUT2D eigenvalue weighted by atomic mass is 35.5. The summed E-state index contributed by atoms with van der Waals surface area (Å²) in [5, 5.41) is 0.298. The largest absolute Gasteiger partial charge is 0.338 e. The number of halogens is 3. The van der Waals surface area contributed by atoms with Crippen LogP contribution in [0.1, 0.15) is 18.4 Å². The first-order valence-electron chi connectivity index (χ1n) is 6.06. The van der Waals surface area contributed by atoms with Crippen LogP contribution in [0.5, 0.6) is 0 Å². The maximum absolute atomic E-state index is 13.6. The van der Waals surface area contributed by atoms with Crippen LogP contribution >= 0.6 is 24.0 Å². The van der Waals surface area contributed by atoms with Gasteiger partial charge in [0.25, 0.3) is 0 Å². The van der Waals surface area contributed by atoms with Gasteiger partial charge in [-0.05, 0) is 25.0 Å². The molecule has 1 amide bonds. The van der Waals surface area contributed by atoms with Gasteiger partial charge in [0.05, 0.1) is 6.42 Å². The van der Waals surface area contributed by atoms with E-state index in [-0.39, 0.29) is 36.3 Å². The zero-order valence-corrected chi connectivity index (χ0v) is 12.0. The smallest absolute Gasteiger partial charge is 0.227 e. The predicted octanol–water partition coefficient (Wildman–Crippen LogP) is 2.39. The maximum atomic E-state index is 13.6. The van der Waals surface area contributed by atoms with Crippen molar-refractivity contribution in [1.29, 1.82) is 0 Å². The second-order valence-corrected chi connectivity index (χ2v) is 4.90. The van der Waals surface area contributed by atoms with Crippen LogP contribution in [0.2, 0.25) is 5.02 Å². The van der Waals surface area contributed by atoms with Gasteiger partial charge in [-0.15, -0.1) is 12.4 Å². The Bertz CT molecular complexity index is 436. The SMILES string of the molecule is Cl.NCC1CCCN1C(=O)Cc1c(F)cccc1Cl. The zero-order valence-electron chi connectivity index (χ0n) is 10.4. The van der Waals surface area contributed by atoms with Crippen molar-refractivity contribution in [3.05, 3.63) is 34.6 Å². The zero-order chi connectivity index (χ0) is 13.1. The van der Waals surface area contributed by atoms with E-state index in [4.69, 9.17) is 17.3 Å². The van der Waals surface area contributed by atoms with Crippen molar-refractivity contribution in [2.24, 2.45) is 5.73 Å². The average molecular weight is 307 g/mol. The molecule has 1 aliphatic rings. The number of hydrogen-bond donors (Lipinski definition) is 1. The van der Waals surface area contributed by atoms with Gasteiger partial charge in [-0.3, -0.25) is 4.79 Å². The quantitative estimate of drug-likeness (QED) is 0.932. The monoisotopic (exact) mass is 306 g/mol. The minimum absolute atomic E-state index is 0. The molecule has 0 saturated carbocycles. The Hall–Kier alpha value is -0.840. The maximum Gasteiger partial charge on any atom is 0.227 e. The molecule has 0 spiro atoms. The molecular formula is C13H17Cl2FN2O. The van der Waals surface area contributed by atoms with E-state index in [1.54, 1.807) is 11.0 Å². The normalized spacial score (nSPS) is 18.3. The van der Waals surface area contributed by atoms with E-state index in [2.05, 4.69) is 0 Å². The average Bonchev–Trinajstić information content (AvgIpc) is 2.82. The fourth-order valence-electron chi connectivity index (χ4n) is 2.36. The highest BCUT2D eigenvalue weighted by molar-refractivity contribution is 6.31. The molecule has 1 atom stereocenters. The van der Waals surface area contributed by atoms with Crippen LogP contribution in [0.15, 0.2) is 18.2 Å². The molecule has 1 aliphatic heterocycles. The molecule has 106 valence electrons. The summed E-state index contributed by atoms with van der Waals surface area (Å²) in [4.78, 5) is 13.9. The van der Waals surface area contributed by atoms with E-state index >= 15 is 0 Å². The van der Waals surface area contributed by atoms with Gasteiger partial charge < -0.3 is 10.6 Å². The number of nitrogens with two attached hydrogens (primary N) is 1. The number of hydrogen-bond acceptors (Lipinski definition) is 2. The molecule has 19 heavy (non-hydrogen) atoms. The van der Waals surface area contributed by atoms with Crippen molar-refractivity contribution in [3.63, 3.8) is 0 Å². The van der Waals surface area contributed by atoms with Crippen molar-refractivity contribution in [2.45, 2.75) is 25.3 Å². The summed E-state index contributed by atoms with van der Waals surface area (Å²) < 4.78 is 13.6. The number of likely N-dealkylation sites (tertiary alicyclic amines) is 1. The van der Waals surface area contributed by atoms with Gasteiger partial charge in [-0.1, -0.05) is 17.7 Å². The van der Waals surface area contributed by atoms with E-state index in [9.17, 15) is 9.18 Å². The van der Waals surface area contributed by atoms with Gasteiger partial charge in [-0.2, -0.15) is 0 Å². The van der Waals surface area contributed by atoms with Crippen molar-refractivity contribution in [2.75, 3.05) is 13.1 Å².